The normalized spacial score (nSPS) is 11.1. The molecule has 0 aliphatic carbocycles. The second-order valence-electron chi connectivity index (χ2n) is 7.67. The van der Waals surface area contributed by atoms with E-state index in [-0.39, 0.29) is 0 Å². The number of rotatable bonds is 16. The Morgan fingerprint density at radius 2 is 0.760 bits per heavy atom. The van der Waals surface area contributed by atoms with Gasteiger partial charge in [0, 0.05) is 11.8 Å². The minimum absolute atomic E-state index is 0.499. The molecule has 0 rings (SSSR count). The summed E-state index contributed by atoms with van der Waals surface area (Å²) in [5.41, 5.74) is 5.55. The highest BCUT2D eigenvalue weighted by atomic mass is 14.2. The molecule has 0 saturated heterocycles. The van der Waals surface area contributed by atoms with Crippen LogP contribution in [0.5, 0.6) is 0 Å². The van der Waals surface area contributed by atoms with Gasteiger partial charge in [0.25, 0.3) is 0 Å². The second-order valence-corrected chi connectivity index (χ2v) is 7.67. The molecule has 144 valence electrons. The van der Waals surface area contributed by atoms with Crippen molar-refractivity contribution in [3.63, 3.8) is 0 Å². The molecule has 0 aliphatic rings. The minimum atomic E-state index is 0.499. The molecule has 0 N–H and O–H groups in total. The van der Waals surface area contributed by atoms with Gasteiger partial charge in [-0.3, -0.25) is 0 Å². The van der Waals surface area contributed by atoms with Gasteiger partial charge in [0.05, 0.1) is 0 Å². The van der Waals surface area contributed by atoms with Crippen molar-refractivity contribution >= 4 is 0 Å². The zero-order valence-corrected chi connectivity index (χ0v) is 17.8. The zero-order valence-electron chi connectivity index (χ0n) is 17.8. The smallest absolute Gasteiger partial charge is 0.000154 e. The SMILES string of the molecule is C=C(CCC)C(CCCC(C(=C)CCC)C(=C)CCC)C(=C)CCC. The summed E-state index contributed by atoms with van der Waals surface area (Å²) in [6, 6.07) is 0. The summed E-state index contributed by atoms with van der Waals surface area (Å²) < 4.78 is 0. The molecule has 0 atom stereocenters. The van der Waals surface area contributed by atoms with Crippen LogP contribution in [0.15, 0.2) is 48.6 Å². The van der Waals surface area contributed by atoms with Crippen LogP contribution in [0.4, 0.5) is 0 Å². The van der Waals surface area contributed by atoms with E-state index < -0.39 is 0 Å². The number of hydrogen-bond acceptors (Lipinski definition) is 0. The molecule has 0 nitrogen and oxygen atoms in total. The molecular formula is C25H44. The highest BCUT2D eigenvalue weighted by Gasteiger charge is 2.19. The lowest BCUT2D eigenvalue weighted by atomic mass is 9.80. The molecule has 0 bridgehead atoms. The van der Waals surface area contributed by atoms with Crippen LogP contribution < -0.4 is 0 Å². The van der Waals surface area contributed by atoms with Crippen LogP contribution in [0.1, 0.15) is 98.3 Å². The summed E-state index contributed by atoms with van der Waals surface area (Å²) in [4.78, 5) is 0. The Balaban J connectivity index is 4.86. The standard InChI is InChI=1S/C25H44/c1-9-14-20(5)24(21(6)15-10-2)18-13-19-25(22(7)16-11-3)23(8)17-12-4/h24-25H,5-19H2,1-4H3. The lowest BCUT2D eigenvalue weighted by Gasteiger charge is -2.25. The third-order valence-electron chi connectivity index (χ3n) is 5.24. The third kappa shape index (κ3) is 9.28. The monoisotopic (exact) mass is 344 g/mol. The maximum Gasteiger partial charge on any atom is 0.000154 e. The van der Waals surface area contributed by atoms with Gasteiger partial charge in [-0.1, -0.05) is 108 Å². The van der Waals surface area contributed by atoms with Gasteiger partial charge in [0.1, 0.15) is 0 Å². The quantitative estimate of drug-likeness (QED) is 0.245. The Labute approximate surface area is 159 Å². The molecule has 0 spiro atoms. The molecule has 0 radical (unpaired) electrons. The molecule has 0 fully saturated rings. The van der Waals surface area contributed by atoms with Gasteiger partial charge in [-0.25, -0.2) is 0 Å². The van der Waals surface area contributed by atoms with Gasteiger partial charge in [0.15, 0.2) is 0 Å². The van der Waals surface area contributed by atoms with E-state index in [2.05, 4.69) is 54.0 Å². The second kappa shape index (κ2) is 14.2. The van der Waals surface area contributed by atoms with Crippen LogP contribution in [0.25, 0.3) is 0 Å². The average molecular weight is 345 g/mol. The summed E-state index contributed by atoms with van der Waals surface area (Å²) in [5, 5.41) is 0. The van der Waals surface area contributed by atoms with Crippen molar-refractivity contribution in [1.82, 2.24) is 0 Å². The minimum Gasteiger partial charge on any atom is -0.0993 e. The van der Waals surface area contributed by atoms with Crippen molar-refractivity contribution in [3.05, 3.63) is 48.6 Å². The fourth-order valence-corrected chi connectivity index (χ4v) is 3.90. The Bertz CT molecular complexity index is 347. The summed E-state index contributed by atoms with van der Waals surface area (Å²) in [6.07, 6.45) is 12.8. The molecule has 0 aliphatic heterocycles. The van der Waals surface area contributed by atoms with Crippen LogP contribution in [0.2, 0.25) is 0 Å². The van der Waals surface area contributed by atoms with E-state index in [0.29, 0.717) is 11.8 Å². The van der Waals surface area contributed by atoms with Crippen molar-refractivity contribution in [3.8, 4) is 0 Å². The summed E-state index contributed by atoms with van der Waals surface area (Å²) in [6.45, 7) is 26.5. The van der Waals surface area contributed by atoms with E-state index in [9.17, 15) is 0 Å². The first-order chi connectivity index (χ1) is 11.9. The molecule has 0 unspecified atom stereocenters. The molecular weight excluding hydrogens is 300 g/mol. The van der Waals surface area contributed by atoms with Crippen molar-refractivity contribution in [2.45, 2.75) is 98.3 Å². The fourth-order valence-electron chi connectivity index (χ4n) is 3.90. The van der Waals surface area contributed by atoms with E-state index in [1.54, 1.807) is 0 Å². The van der Waals surface area contributed by atoms with Crippen molar-refractivity contribution in [2.75, 3.05) is 0 Å². The van der Waals surface area contributed by atoms with Gasteiger partial charge in [-0.05, 0) is 38.5 Å². The Hall–Kier alpha value is -1.04. The van der Waals surface area contributed by atoms with Gasteiger partial charge < -0.3 is 0 Å². The Kier molecular flexibility index (Phi) is 13.6. The summed E-state index contributed by atoms with van der Waals surface area (Å²) in [5.74, 6) is 0.999. The Morgan fingerprint density at radius 3 is 0.960 bits per heavy atom. The van der Waals surface area contributed by atoms with Gasteiger partial charge >= 0.3 is 0 Å². The molecule has 0 amide bonds. The van der Waals surface area contributed by atoms with Gasteiger partial charge in [0.2, 0.25) is 0 Å². The van der Waals surface area contributed by atoms with E-state index in [4.69, 9.17) is 0 Å². The van der Waals surface area contributed by atoms with E-state index in [0.717, 1.165) is 25.7 Å². The molecule has 0 aromatic heterocycles. The molecule has 25 heavy (non-hydrogen) atoms. The number of hydrogen-bond donors (Lipinski definition) is 0. The topological polar surface area (TPSA) is 0 Å². The fraction of sp³-hybridized carbons (Fsp3) is 0.680. The first-order valence-corrected chi connectivity index (χ1v) is 10.6. The van der Waals surface area contributed by atoms with Gasteiger partial charge in [-0.15, -0.1) is 0 Å². The molecule has 0 saturated carbocycles. The maximum atomic E-state index is 4.38. The first-order valence-electron chi connectivity index (χ1n) is 10.6. The van der Waals surface area contributed by atoms with E-state index in [1.807, 2.05) is 0 Å². The van der Waals surface area contributed by atoms with Crippen molar-refractivity contribution < 1.29 is 0 Å². The van der Waals surface area contributed by atoms with Crippen LogP contribution in [-0.2, 0) is 0 Å². The Morgan fingerprint density at radius 1 is 0.520 bits per heavy atom. The predicted octanol–water partition coefficient (Wildman–Crippen LogP) is 8.81. The lowest BCUT2D eigenvalue weighted by molar-refractivity contribution is 0.497. The molecule has 0 aromatic rings. The van der Waals surface area contributed by atoms with E-state index >= 15 is 0 Å². The molecule has 0 heteroatoms. The number of allylic oxidation sites excluding steroid dienone is 4. The largest absolute Gasteiger partial charge is 0.0993 e. The highest BCUT2D eigenvalue weighted by Crippen LogP contribution is 2.34. The highest BCUT2D eigenvalue weighted by molar-refractivity contribution is 5.18. The van der Waals surface area contributed by atoms with Crippen LogP contribution in [-0.4, -0.2) is 0 Å². The first kappa shape index (κ1) is 24.0. The van der Waals surface area contributed by atoms with Crippen LogP contribution in [0.3, 0.4) is 0 Å². The predicted molar refractivity (Wildman–Crippen MR) is 117 cm³/mol. The van der Waals surface area contributed by atoms with Crippen molar-refractivity contribution in [1.29, 1.82) is 0 Å². The van der Waals surface area contributed by atoms with Crippen LogP contribution in [0, 0.1) is 11.8 Å². The average Bonchev–Trinajstić information content (AvgIpc) is 2.55. The lowest BCUT2D eigenvalue weighted by Crippen LogP contribution is -2.11. The maximum absolute atomic E-state index is 4.38. The molecule has 0 aromatic carbocycles. The summed E-state index contributed by atoms with van der Waals surface area (Å²) in [7, 11) is 0. The van der Waals surface area contributed by atoms with Crippen LogP contribution >= 0.6 is 0 Å². The van der Waals surface area contributed by atoms with Crippen molar-refractivity contribution in [2.24, 2.45) is 11.8 Å². The zero-order chi connectivity index (χ0) is 19.2. The van der Waals surface area contributed by atoms with E-state index in [1.165, 1.54) is 67.2 Å². The van der Waals surface area contributed by atoms with Gasteiger partial charge in [-0.2, -0.15) is 0 Å². The third-order valence-corrected chi connectivity index (χ3v) is 5.24. The summed E-state index contributed by atoms with van der Waals surface area (Å²) >= 11 is 0. The molecule has 0 heterocycles.